The van der Waals surface area contributed by atoms with Crippen LogP contribution in [0.1, 0.15) is 45.6 Å². The molecule has 4 nitrogen and oxygen atoms in total. The minimum absolute atomic E-state index is 0.0867. The van der Waals surface area contributed by atoms with Crippen LogP contribution in [0.5, 0.6) is 0 Å². The fraction of sp³-hybridized carbons (Fsp3) is 0.533. The second kappa shape index (κ2) is 8.00. The summed E-state index contributed by atoms with van der Waals surface area (Å²) in [5, 5.41) is 12.6. The van der Waals surface area contributed by atoms with Crippen LogP contribution in [0.25, 0.3) is 0 Å². The number of rotatable bonds is 7. The van der Waals surface area contributed by atoms with Gasteiger partial charge < -0.3 is 15.8 Å². The van der Waals surface area contributed by atoms with E-state index in [2.05, 4.69) is 30.8 Å². The predicted molar refractivity (Wildman–Crippen MR) is 86.0 cm³/mol. The number of anilines is 1. The van der Waals surface area contributed by atoms with Gasteiger partial charge in [-0.2, -0.15) is 0 Å². The molecule has 0 aliphatic heterocycles. The van der Waals surface area contributed by atoms with Crippen LogP contribution in [0.4, 0.5) is 5.69 Å². The normalized spacial score (nSPS) is 11.9. The van der Waals surface area contributed by atoms with Gasteiger partial charge in [-0.25, -0.2) is 0 Å². The monoisotopic (exact) mass is 297 g/mol. The number of benzene rings is 1. The van der Waals surface area contributed by atoms with Gasteiger partial charge in [0.15, 0.2) is 5.84 Å². The van der Waals surface area contributed by atoms with E-state index < -0.39 is 0 Å². The highest BCUT2D eigenvalue weighted by atomic mass is 35.5. The third-order valence-electron chi connectivity index (χ3n) is 3.28. The van der Waals surface area contributed by atoms with E-state index in [1.165, 1.54) is 12.8 Å². The van der Waals surface area contributed by atoms with Gasteiger partial charge in [-0.3, -0.25) is 0 Å². The van der Waals surface area contributed by atoms with Crippen LogP contribution >= 0.6 is 11.6 Å². The summed E-state index contributed by atoms with van der Waals surface area (Å²) < 4.78 is 0. The predicted octanol–water partition coefficient (Wildman–Crippen LogP) is 3.84. The Morgan fingerprint density at radius 3 is 2.65 bits per heavy atom. The van der Waals surface area contributed by atoms with Crippen molar-refractivity contribution in [2.24, 2.45) is 10.9 Å². The molecule has 1 aromatic carbocycles. The summed E-state index contributed by atoms with van der Waals surface area (Å²) in [7, 11) is 0. The van der Waals surface area contributed by atoms with Gasteiger partial charge in [-0.1, -0.05) is 36.5 Å². The molecule has 0 fully saturated rings. The lowest BCUT2D eigenvalue weighted by molar-refractivity contribution is 0.318. The summed E-state index contributed by atoms with van der Waals surface area (Å²) in [5.74, 6) is 0.0867. The van der Waals surface area contributed by atoms with Crippen molar-refractivity contribution in [3.8, 4) is 0 Å². The number of oxime groups is 1. The molecule has 1 rings (SSSR count). The standard InChI is InChI=1S/C15H24ClN3O/c1-4-5-6-9-19(11(2)3)14-8-7-12(16)10-13(14)15(17)18-20/h7-8,10-11,20H,4-6,9H2,1-3H3,(H2,17,18). The van der Waals surface area contributed by atoms with Crippen molar-refractivity contribution in [2.45, 2.75) is 46.1 Å². The minimum atomic E-state index is 0.0867. The van der Waals surface area contributed by atoms with Crippen LogP contribution in [0.2, 0.25) is 5.02 Å². The lowest BCUT2D eigenvalue weighted by atomic mass is 10.1. The van der Waals surface area contributed by atoms with Crippen LogP contribution in [-0.2, 0) is 0 Å². The molecule has 0 atom stereocenters. The second-order valence-electron chi connectivity index (χ2n) is 5.14. The maximum absolute atomic E-state index is 8.94. The lowest BCUT2D eigenvalue weighted by Crippen LogP contribution is -2.33. The Morgan fingerprint density at radius 2 is 2.10 bits per heavy atom. The summed E-state index contributed by atoms with van der Waals surface area (Å²) in [6, 6.07) is 5.83. The zero-order valence-corrected chi connectivity index (χ0v) is 13.2. The Hall–Kier alpha value is -1.42. The van der Waals surface area contributed by atoms with Crippen molar-refractivity contribution in [3.05, 3.63) is 28.8 Å². The average Bonchev–Trinajstić information content (AvgIpc) is 2.43. The molecule has 0 heterocycles. The molecule has 0 saturated carbocycles. The fourth-order valence-electron chi connectivity index (χ4n) is 2.21. The van der Waals surface area contributed by atoms with Gasteiger partial charge in [0.05, 0.1) is 0 Å². The molecule has 5 heteroatoms. The number of nitrogens with zero attached hydrogens (tertiary/aromatic N) is 2. The third kappa shape index (κ3) is 4.30. The van der Waals surface area contributed by atoms with E-state index >= 15 is 0 Å². The Balaban J connectivity index is 3.12. The van der Waals surface area contributed by atoms with Crippen LogP contribution in [0.3, 0.4) is 0 Å². The van der Waals surface area contributed by atoms with Crippen molar-refractivity contribution in [3.63, 3.8) is 0 Å². The van der Waals surface area contributed by atoms with Gasteiger partial charge in [0.25, 0.3) is 0 Å². The van der Waals surface area contributed by atoms with Gasteiger partial charge in [0, 0.05) is 28.9 Å². The average molecular weight is 298 g/mol. The van der Waals surface area contributed by atoms with Crippen LogP contribution in [0, 0.1) is 0 Å². The Bertz CT molecular complexity index is 460. The highest BCUT2D eigenvalue weighted by molar-refractivity contribution is 6.31. The maximum Gasteiger partial charge on any atom is 0.172 e. The topological polar surface area (TPSA) is 61.8 Å². The van der Waals surface area contributed by atoms with Crippen LogP contribution < -0.4 is 10.6 Å². The molecular formula is C15H24ClN3O. The summed E-state index contributed by atoms with van der Waals surface area (Å²) in [6.07, 6.45) is 3.49. The van der Waals surface area contributed by atoms with Crippen molar-refractivity contribution in [1.82, 2.24) is 0 Å². The largest absolute Gasteiger partial charge is 0.409 e. The number of amidine groups is 1. The molecule has 0 saturated heterocycles. The maximum atomic E-state index is 8.94. The Morgan fingerprint density at radius 1 is 1.40 bits per heavy atom. The van der Waals surface area contributed by atoms with Crippen molar-refractivity contribution < 1.29 is 5.21 Å². The van der Waals surface area contributed by atoms with Gasteiger partial charge in [0.2, 0.25) is 0 Å². The number of unbranched alkanes of at least 4 members (excludes halogenated alkanes) is 2. The highest BCUT2D eigenvalue weighted by Gasteiger charge is 2.17. The van der Waals surface area contributed by atoms with Crippen molar-refractivity contribution in [2.75, 3.05) is 11.4 Å². The summed E-state index contributed by atoms with van der Waals surface area (Å²) in [5.41, 5.74) is 7.40. The second-order valence-corrected chi connectivity index (χ2v) is 5.58. The first-order valence-corrected chi connectivity index (χ1v) is 7.43. The molecular weight excluding hydrogens is 274 g/mol. The van der Waals surface area contributed by atoms with E-state index in [1.54, 1.807) is 6.07 Å². The third-order valence-corrected chi connectivity index (χ3v) is 3.51. The van der Waals surface area contributed by atoms with Gasteiger partial charge in [-0.05, 0) is 38.5 Å². The van der Waals surface area contributed by atoms with Crippen LogP contribution in [0.15, 0.2) is 23.4 Å². The van der Waals surface area contributed by atoms with Gasteiger partial charge >= 0.3 is 0 Å². The summed E-state index contributed by atoms with van der Waals surface area (Å²) in [4.78, 5) is 2.26. The van der Waals surface area contributed by atoms with E-state index in [0.29, 0.717) is 16.6 Å². The molecule has 0 radical (unpaired) electrons. The summed E-state index contributed by atoms with van der Waals surface area (Å²) >= 11 is 6.02. The molecule has 20 heavy (non-hydrogen) atoms. The zero-order valence-electron chi connectivity index (χ0n) is 12.4. The highest BCUT2D eigenvalue weighted by Crippen LogP contribution is 2.26. The van der Waals surface area contributed by atoms with E-state index in [1.807, 2.05) is 12.1 Å². The van der Waals surface area contributed by atoms with E-state index in [9.17, 15) is 0 Å². The molecule has 112 valence electrons. The molecule has 3 N–H and O–H groups in total. The molecule has 0 aliphatic rings. The zero-order chi connectivity index (χ0) is 15.1. The minimum Gasteiger partial charge on any atom is -0.409 e. The SMILES string of the molecule is CCCCCN(c1ccc(Cl)cc1C(N)=NO)C(C)C. The molecule has 0 unspecified atom stereocenters. The first-order valence-electron chi connectivity index (χ1n) is 7.05. The van der Waals surface area contributed by atoms with Crippen molar-refractivity contribution in [1.29, 1.82) is 0 Å². The molecule has 0 aliphatic carbocycles. The number of hydrogen-bond acceptors (Lipinski definition) is 3. The van der Waals surface area contributed by atoms with E-state index in [0.717, 1.165) is 18.7 Å². The summed E-state index contributed by atoms with van der Waals surface area (Å²) in [6.45, 7) is 7.40. The fourth-order valence-corrected chi connectivity index (χ4v) is 2.38. The Labute approximate surface area is 126 Å². The molecule has 0 spiro atoms. The van der Waals surface area contributed by atoms with E-state index in [-0.39, 0.29) is 5.84 Å². The van der Waals surface area contributed by atoms with Crippen molar-refractivity contribution >= 4 is 23.1 Å². The smallest absolute Gasteiger partial charge is 0.172 e. The first kappa shape index (κ1) is 16.6. The van der Waals surface area contributed by atoms with Gasteiger partial charge in [-0.15, -0.1) is 0 Å². The lowest BCUT2D eigenvalue weighted by Gasteiger charge is -2.31. The molecule has 1 aromatic rings. The first-order chi connectivity index (χ1) is 9.51. The van der Waals surface area contributed by atoms with Crippen LogP contribution in [-0.4, -0.2) is 23.6 Å². The number of halogens is 1. The molecule has 0 amide bonds. The number of hydrogen-bond donors (Lipinski definition) is 2. The molecule has 0 aromatic heterocycles. The Kier molecular flexibility index (Phi) is 6.65. The molecule has 0 bridgehead atoms. The van der Waals surface area contributed by atoms with E-state index in [4.69, 9.17) is 22.5 Å². The van der Waals surface area contributed by atoms with Gasteiger partial charge in [0.1, 0.15) is 0 Å². The number of nitrogens with two attached hydrogens (primary N) is 1. The quantitative estimate of drug-likeness (QED) is 0.264.